The molecule has 0 aliphatic carbocycles. The number of aromatic nitrogens is 2. The van der Waals surface area contributed by atoms with Crippen LogP contribution >= 0.6 is 11.6 Å². The highest BCUT2D eigenvalue weighted by Gasteiger charge is 2.14. The first-order chi connectivity index (χ1) is 11.5. The molecule has 0 bridgehead atoms. The predicted octanol–water partition coefficient (Wildman–Crippen LogP) is 2.50. The average molecular weight is 344 g/mol. The fourth-order valence-electron chi connectivity index (χ4n) is 2.31. The molecular weight excluding hydrogens is 333 g/mol. The first-order valence-electron chi connectivity index (χ1n) is 6.79. The Morgan fingerprint density at radius 3 is 2.67 bits per heavy atom. The van der Waals surface area contributed by atoms with E-state index in [9.17, 15) is 9.18 Å². The van der Waals surface area contributed by atoms with Gasteiger partial charge in [-0.3, -0.25) is 14.8 Å². The molecule has 1 amide bonds. The van der Waals surface area contributed by atoms with E-state index in [-0.39, 0.29) is 17.1 Å². The zero-order valence-corrected chi connectivity index (χ0v) is 13.0. The van der Waals surface area contributed by atoms with E-state index in [4.69, 9.17) is 23.1 Å². The molecule has 6 nitrogen and oxygen atoms in total. The summed E-state index contributed by atoms with van der Waals surface area (Å²) in [6.07, 6.45) is 3.97. The van der Waals surface area contributed by atoms with Crippen molar-refractivity contribution in [3.05, 3.63) is 59.3 Å². The number of hydrogen-bond donors (Lipinski definition) is 2. The third-order valence-corrected chi connectivity index (χ3v) is 3.65. The van der Waals surface area contributed by atoms with Crippen molar-refractivity contribution in [1.29, 1.82) is 0 Å². The summed E-state index contributed by atoms with van der Waals surface area (Å²) in [7, 11) is 0. The number of guanidine groups is 1. The molecule has 1 aromatic carbocycles. The number of hydrogen-bond acceptors (Lipinski definition) is 3. The molecule has 0 aliphatic heterocycles. The third-order valence-electron chi connectivity index (χ3n) is 3.34. The number of fused-ring (bicyclic) bond motifs is 1. The standard InChI is InChI=1S/C16H11ClFN5O/c17-12-6-22-14(10-3-4-21-7-13(10)18)11-5-8(1-2-9(11)12)15(24)23-16(19)20/h1-7H,(H4,19,20,23,24). The number of nitrogens with zero attached hydrogens (tertiary/aromatic N) is 3. The first-order valence-corrected chi connectivity index (χ1v) is 7.17. The minimum atomic E-state index is -0.613. The van der Waals surface area contributed by atoms with E-state index in [1.54, 1.807) is 6.07 Å². The summed E-state index contributed by atoms with van der Waals surface area (Å²) in [5.74, 6) is -1.49. The fourth-order valence-corrected chi connectivity index (χ4v) is 2.52. The van der Waals surface area contributed by atoms with E-state index in [2.05, 4.69) is 15.0 Å². The monoisotopic (exact) mass is 343 g/mol. The minimum absolute atomic E-state index is 0.232. The number of benzene rings is 1. The van der Waals surface area contributed by atoms with Crippen LogP contribution in [0.25, 0.3) is 22.0 Å². The lowest BCUT2D eigenvalue weighted by atomic mass is 10.0. The molecule has 8 heteroatoms. The lowest BCUT2D eigenvalue weighted by Gasteiger charge is -2.09. The summed E-state index contributed by atoms with van der Waals surface area (Å²) in [4.78, 5) is 23.4. The summed E-state index contributed by atoms with van der Waals surface area (Å²) < 4.78 is 14.1. The maximum absolute atomic E-state index is 14.1. The van der Waals surface area contributed by atoms with Gasteiger partial charge in [0.25, 0.3) is 5.91 Å². The lowest BCUT2D eigenvalue weighted by molar-refractivity contribution is 0.100. The zero-order chi connectivity index (χ0) is 17.3. The Bertz CT molecular complexity index is 985. The molecule has 3 aromatic rings. The van der Waals surface area contributed by atoms with Gasteiger partial charge in [0.2, 0.25) is 0 Å². The maximum atomic E-state index is 14.1. The van der Waals surface area contributed by atoms with E-state index in [0.29, 0.717) is 21.5 Å². The Hall–Kier alpha value is -3.06. The maximum Gasteiger partial charge on any atom is 0.280 e. The second-order valence-corrected chi connectivity index (χ2v) is 5.32. The zero-order valence-electron chi connectivity index (χ0n) is 12.2. The highest BCUT2D eigenvalue weighted by atomic mass is 35.5. The Morgan fingerprint density at radius 2 is 1.96 bits per heavy atom. The molecule has 3 rings (SSSR count). The Morgan fingerprint density at radius 1 is 1.17 bits per heavy atom. The van der Waals surface area contributed by atoms with Crippen molar-refractivity contribution < 1.29 is 9.18 Å². The van der Waals surface area contributed by atoms with Crippen LogP contribution in [-0.4, -0.2) is 21.8 Å². The van der Waals surface area contributed by atoms with Gasteiger partial charge in [0.05, 0.1) is 16.9 Å². The van der Waals surface area contributed by atoms with Crippen LogP contribution in [0.3, 0.4) is 0 Å². The molecule has 2 heterocycles. The van der Waals surface area contributed by atoms with E-state index >= 15 is 0 Å². The van der Waals surface area contributed by atoms with Crippen molar-refractivity contribution in [2.75, 3.05) is 0 Å². The van der Waals surface area contributed by atoms with Crippen LogP contribution in [0.2, 0.25) is 5.02 Å². The van der Waals surface area contributed by atoms with Crippen LogP contribution in [-0.2, 0) is 0 Å². The summed E-state index contributed by atoms with van der Waals surface area (Å²) in [5, 5.41) is 1.51. The topological polar surface area (TPSA) is 107 Å². The largest absolute Gasteiger partial charge is 0.370 e. The predicted molar refractivity (Wildman–Crippen MR) is 90.1 cm³/mol. The molecule has 24 heavy (non-hydrogen) atoms. The van der Waals surface area contributed by atoms with E-state index in [1.165, 1.54) is 30.6 Å². The van der Waals surface area contributed by atoms with Crippen LogP contribution in [0.4, 0.5) is 4.39 Å². The fraction of sp³-hybridized carbons (Fsp3) is 0. The van der Waals surface area contributed by atoms with Crippen molar-refractivity contribution >= 4 is 34.2 Å². The molecule has 0 saturated carbocycles. The van der Waals surface area contributed by atoms with E-state index in [0.717, 1.165) is 6.20 Å². The molecule has 2 aromatic heterocycles. The number of pyridine rings is 2. The van der Waals surface area contributed by atoms with Gasteiger partial charge in [-0.1, -0.05) is 17.7 Å². The summed E-state index contributed by atoms with van der Waals surface area (Å²) >= 11 is 6.15. The molecular formula is C16H11ClFN5O. The molecule has 0 aliphatic rings. The smallest absolute Gasteiger partial charge is 0.280 e. The van der Waals surface area contributed by atoms with Crippen LogP contribution in [0.5, 0.6) is 0 Å². The van der Waals surface area contributed by atoms with Crippen molar-refractivity contribution in [1.82, 2.24) is 9.97 Å². The Balaban J connectivity index is 2.27. The van der Waals surface area contributed by atoms with Gasteiger partial charge in [0.15, 0.2) is 11.8 Å². The second kappa shape index (κ2) is 6.21. The normalized spacial score (nSPS) is 10.6. The van der Waals surface area contributed by atoms with Crippen LogP contribution in [0.1, 0.15) is 10.4 Å². The minimum Gasteiger partial charge on any atom is -0.370 e. The van der Waals surface area contributed by atoms with Gasteiger partial charge in [0.1, 0.15) is 0 Å². The molecule has 0 fully saturated rings. The first kappa shape index (κ1) is 15.8. The Kier molecular flexibility index (Phi) is 4.09. The number of rotatable bonds is 2. The quantitative estimate of drug-likeness (QED) is 0.549. The number of halogens is 2. The van der Waals surface area contributed by atoms with Gasteiger partial charge in [-0.25, -0.2) is 4.39 Å². The summed E-state index contributed by atoms with van der Waals surface area (Å²) in [5.41, 5.74) is 11.3. The van der Waals surface area contributed by atoms with Crippen molar-refractivity contribution in [3.63, 3.8) is 0 Å². The second-order valence-electron chi connectivity index (χ2n) is 4.91. The van der Waals surface area contributed by atoms with Crippen molar-refractivity contribution in [3.8, 4) is 11.3 Å². The van der Waals surface area contributed by atoms with Crippen molar-refractivity contribution in [2.45, 2.75) is 0 Å². The highest BCUT2D eigenvalue weighted by Crippen LogP contribution is 2.32. The van der Waals surface area contributed by atoms with Crippen LogP contribution < -0.4 is 11.5 Å². The van der Waals surface area contributed by atoms with Crippen molar-refractivity contribution in [2.24, 2.45) is 16.5 Å². The number of carbonyl (C=O) groups is 1. The molecule has 120 valence electrons. The number of nitrogens with two attached hydrogens (primary N) is 2. The highest BCUT2D eigenvalue weighted by molar-refractivity contribution is 6.35. The van der Waals surface area contributed by atoms with Crippen LogP contribution in [0, 0.1) is 5.82 Å². The molecule has 4 N–H and O–H groups in total. The number of aliphatic imine (C=N–C) groups is 1. The van der Waals surface area contributed by atoms with Gasteiger partial charge in [0, 0.05) is 34.3 Å². The lowest BCUT2D eigenvalue weighted by Crippen LogP contribution is -2.24. The molecule has 0 unspecified atom stereocenters. The average Bonchev–Trinajstić information content (AvgIpc) is 2.55. The van der Waals surface area contributed by atoms with Gasteiger partial charge < -0.3 is 11.5 Å². The molecule has 0 saturated heterocycles. The summed E-state index contributed by atoms with van der Waals surface area (Å²) in [6, 6.07) is 6.20. The SMILES string of the molecule is NC(N)=NC(=O)c1ccc2c(Cl)cnc(-c3ccncc3F)c2c1. The molecule has 0 spiro atoms. The number of amides is 1. The Labute approximate surface area is 141 Å². The van der Waals surface area contributed by atoms with Gasteiger partial charge >= 0.3 is 0 Å². The number of carbonyl (C=O) groups excluding carboxylic acids is 1. The van der Waals surface area contributed by atoms with Crippen LogP contribution in [0.15, 0.2) is 47.8 Å². The molecule has 0 radical (unpaired) electrons. The van der Waals surface area contributed by atoms with Gasteiger partial charge in [-0.05, 0) is 18.2 Å². The third kappa shape index (κ3) is 2.89. The summed E-state index contributed by atoms with van der Waals surface area (Å²) in [6.45, 7) is 0. The van der Waals surface area contributed by atoms with E-state index in [1.807, 2.05) is 0 Å². The molecule has 0 atom stereocenters. The van der Waals surface area contributed by atoms with E-state index < -0.39 is 11.7 Å². The van der Waals surface area contributed by atoms with Gasteiger partial charge in [-0.2, -0.15) is 4.99 Å². The van der Waals surface area contributed by atoms with Gasteiger partial charge in [-0.15, -0.1) is 0 Å².